The third kappa shape index (κ3) is 8.91. The molecule has 0 radical (unpaired) electrons. The van der Waals surface area contributed by atoms with Crippen molar-refractivity contribution in [3.63, 3.8) is 0 Å². The van der Waals surface area contributed by atoms with Gasteiger partial charge in [-0.25, -0.2) is 0 Å². The lowest BCUT2D eigenvalue weighted by Crippen LogP contribution is -2.43. The highest BCUT2D eigenvalue weighted by Gasteiger charge is 2.21. The summed E-state index contributed by atoms with van der Waals surface area (Å²) in [6, 6.07) is -0.350. The van der Waals surface area contributed by atoms with Gasteiger partial charge in [0.05, 0.1) is 6.04 Å². The zero-order valence-electron chi connectivity index (χ0n) is 13.6. The number of piperidine rings is 1. The van der Waals surface area contributed by atoms with E-state index < -0.39 is 0 Å². The van der Waals surface area contributed by atoms with Gasteiger partial charge in [0.1, 0.15) is 0 Å². The van der Waals surface area contributed by atoms with E-state index in [2.05, 4.69) is 24.1 Å². The number of nitrogens with two attached hydrogens (primary N) is 1. The quantitative estimate of drug-likeness (QED) is 0.665. The number of amides is 1. The van der Waals surface area contributed by atoms with Crippen LogP contribution in [0, 0.1) is 11.8 Å². The van der Waals surface area contributed by atoms with Crippen LogP contribution >= 0.6 is 24.2 Å². The van der Waals surface area contributed by atoms with Crippen LogP contribution < -0.4 is 11.1 Å². The summed E-state index contributed by atoms with van der Waals surface area (Å²) in [4.78, 5) is 14.3. The summed E-state index contributed by atoms with van der Waals surface area (Å²) in [5.41, 5.74) is 5.83. The maximum absolute atomic E-state index is 11.7. The summed E-state index contributed by atoms with van der Waals surface area (Å²) in [6.07, 6.45) is 5.15. The van der Waals surface area contributed by atoms with Gasteiger partial charge >= 0.3 is 0 Å². The van der Waals surface area contributed by atoms with E-state index in [1.165, 1.54) is 19.5 Å². The molecule has 3 N–H and O–H groups in total. The molecule has 2 unspecified atom stereocenters. The molecule has 126 valence electrons. The van der Waals surface area contributed by atoms with Gasteiger partial charge in [0.25, 0.3) is 0 Å². The van der Waals surface area contributed by atoms with Crippen LogP contribution in [-0.4, -0.2) is 55.0 Å². The fourth-order valence-corrected chi connectivity index (χ4v) is 3.49. The molecule has 1 aliphatic rings. The van der Waals surface area contributed by atoms with E-state index in [1.54, 1.807) is 11.8 Å². The van der Waals surface area contributed by atoms with Gasteiger partial charge in [0, 0.05) is 19.6 Å². The second-order valence-corrected chi connectivity index (χ2v) is 7.22. The normalized spacial score (nSPS) is 24.2. The van der Waals surface area contributed by atoms with Crippen molar-refractivity contribution in [2.75, 3.05) is 38.2 Å². The van der Waals surface area contributed by atoms with E-state index in [9.17, 15) is 4.79 Å². The van der Waals surface area contributed by atoms with Crippen molar-refractivity contribution in [1.29, 1.82) is 0 Å². The molecular formula is C15H32ClN3OS. The Labute approximate surface area is 140 Å². The Balaban J connectivity index is 0.00000400. The Kier molecular flexibility index (Phi) is 11.6. The molecular weight excluding hydrogens is 306 g/mol. The molecule has 0 aliphatic carbocycles. The monoisotopic (exact) mass is 337 g/mol. The maximum atomic E-state index is 11.7. The first-order chi connectivity index (χ1) is 9.52. The molecule has 0 aromatic rings. The molecule has 21 heavy (non-hydrogen) atoms. The number of rotatable bonds is 8. The number of carbonyl (C=O) groups excluding carboxylic acids is 1. The van der Waals surface area contributed by atoms with Crippen LogP contribution in [0.2, 0.25) is 0 Å². The van der Waals surface area contributed by atoms with Gasteiger partial charge in [-0.1, -0.05) is 13.8 Å². The van der Waals surface area contributed by atoms with Gasteiger partial charge in [-0.15, -0.1) is 12.4 Å². The Morgan fingerprint density at radius 3 is 2.57 bits per heavy atom. The average Bonchev–Trinajstić information content (AvgIpc) is 2.39. The Bertz CT molecular complexity index is 284. The first-order valence-electron chi connectivity index (χ1n) is 7.77. The lowest BCUT2D eigenvalue weighted by atomic mass is 9.92. The number of nitrogens with one attached hydrogen (secondary N) is 1. The maximum Gasteiger partial charge on any atom is 0.236 e. The zero-order chi connectivity index (χ0) is 15.0. The highest BCUT2D eigenvalue weighted by Crippen LogP contribution is 2.20. The summed E-state index contributed by atoms with van der Waals surface area (Å²) < 4.78 is 0. The van der Waals surface area contributed by atoms with Crippen LogP contribution in [0.4, 0.5) is 0 Å². The van der Waals surface area contributed by atoms with Crippen molar-refractivity contribution in [2.45, 2.75) is 39.2 Å². The number of carbonyl (C=O) groups is 1. The van der Waals surface area contributed by atoms with E-state index in [4.69, 9.17) is 5.73 Å². The standard InChI is InChI=1S/C15H31N3OS.ClH/c1-12-9-13(2)11-18(10-12)7-4-6-17-15(19)14(16)5-8-20-3;/h12-14H,4-11,16H2,1-3H3,(H,17,19);1H/t12?,13?,14-;/m0./s1. The van der Waals surface area contributed by atoms with Crippen molar-refractivity contribution in [1.82, 2.24) is 10.2 Å². The smallest absolute Gasteiger partial charge is 0.236 e. The summed E-state index contributed by atoms with van der Waals surface area (Å²) in [5.74, 6) is 2.54. The third-order valence-corrected chi connectivity index (χ3v) is 4.51. The fourth-order valence-electron chi connectivity index (χ4n) is 3.00. The van der Waals surface area contributed by atoms with Gasteiger partial charge in [-0.3, -0.25) is 4.79 Å². The molecule has 0 bridgehead atoms. The average molecular weight is 338 g/mol. The lowest BCUT2D eigenvalue weighted by molar-refractivity contribution is -0.122. The molecule has 1 aliphatic heterocycles. The molecule has 1 rings (SSSR count). The minimum Gasteiger partial charge on any atom is -0.355 e. The topological polar surface area (TPSA) is 58.4 Å². The Morgan fingerprint density at radius 1 is 1.38 bits per heavy atom. The molecule has 0 aromatic carbocycles. The predicted molar refractivity (Wildman–Crippen MR) is 95.2 cm³/mol. The van der Waals surface area contributed by atoms with Crippen LogP contribution in [0.15, 0.2) is 0 Å². The summed E-state index contributed by atoms with van der Waals surface area (Å²) in [7, 11) is 0. The predicted octanol–water partition coefficient (Wildman–Crippen LogP) is 1.97. The minimum atomic E-state index is -0.350. The highest BCUT2D eigenvalue weighted by molar-refractivity contribution is 7.98. The van der Waals surface area contributed by atoms with E-state index in [0.717, 1.165) is 43.5 Å². The van der Waals surface area contributed by atoms with Gasteiger partial charge in [0.15, 0.2) is 0 Å². The van der Waals surface area contributed by atoms with Gasteiger partial charge in [-0.2, -0.15) is 11.8 Å². The van der Waals surface area contributed by atoms with Crippen molar-refractivity contribution in [2.24, 2.45) is 17.6 Å². The van der Waals surface area contributed by atoms with E-state index >= 15 is 0 Å². The summed E-state index contributed by atoms with van der Waals surface area (Å²) >= 11 is 1.73. The molecule has 4 nitrogen and oxygen atoms in total. The molecule has 1 heterocycles. The molecule has 1 fully saturated rings. The molecule has 1 amide bonds. The molecule has 3 atom stereocenters. The van der Waals surface area contributed by atoms with E-state index in [0.29, 0.717) is 0 Å². The molecule has 0 saturated carbocycles. The zero-order valence-corrected chi connectivity index (χ0v) is 15.3. The number of nitrogens with zero attached hydrogens (tertiary/aromatic N) is 1. The van der Waals surface area contributed by atoms with Crippen molar-refractivity contribution < 1.29 is 4.79 Å². The number of hydrogen-bond donors (Lipinski definition) is 2. The van der Waals surface area contributed by atoms with Crippen LogP contribution in [-0.2, 0) is 4.79 Å². The van der Waals surface area contributed by atoms with Crippen molar-refractivity contribution in [3.8, 4) is 0 Å². The Morgan fingerprint density at radius 2 is 2.00 bits per heavy atom. The molecule has 0 aromatic heterocycles. The van der Waals surface area contributed by atoms with E-state index in [1.807, 2.05) is 6.26 Å². The lowest BCUT2D eigenvalue weighted by Gasteiger charge is -2.34. The summed E-state index contributed by atoms with van der Waals surface area (Å²) in [6.45, 7) is 8.88. The fraction of sp³-hybridized carbons (Fsp3) is 0.933. The first-order valence-corrected chi connectivity index (χ1v) is 9.17. The number of thioether (sulfide) groups is 1. The molecule has 0 spiro atoms. The van der Waals surface area contributed by atoms with Crippen LogP contribution in [0.3, 0.4) is 0 Å². The van der Waals surface area contributed by atoms with Crippen LogP contribution in [0.1, 0.15) is 33.1 Å². The molecule has 6 heteroatoms. The van der Waals surface area contributed by atoms with Crippen molar-refractivity contribution >= 4 is 30.1 Å². The van der Waals surface area contributed by atoms with Crippen LogP contribution in [0.25, 0.3) is 0 Å². The van der Waals surface area contributed by atoms with E-state index in [-0.39, 0.29) is 24.4 Å². The first kappa shape index (κ1) is 21.0. The number of likely N-dealkylation sites (tertiary alicyclic amines) is 1. The highest BCUT2D eigenvalue weighted by atomic mass is 35.5. The minimum absolute atomic E-state index is 0. The second-order valence-electron chi connectivity index (χ2n) is 6.24. The SMILES string of the molecule is CSCC[C@H](N)C(=O)NCCCN1CC(C)CC(C)C1.Cl. The van der Waals surface area contributed by atoms with Gasteiger partial charge in [0.2, 0.25) is 5.91 Å². The van der Waals surface area contributed by atoms with Gasteiger partial charge < -0.3 is 16.0 Å². The third-order valence-electron chi connectivity index (χ3n) is 3.86. The number of halogens is 1. The van der Waals surface area contributed by atoms with Gasteiger partial charge in [-0.05, 0) is 49.7 Å². The Hall–Kier alpha value is 0.0300. The second kappa shape index (κ2) is 11.6. The molecule has 1 saturated heterocycles. The van der Waals surface area contributed by atoms with Crippen molar-refractivity contribution in [3.05, 3.63) is 0 Å². The largest absolute Gasteiger partial charge is 0.355 e. The summed E-state index contributed by atoms with van der Waals surface area (Å²) in [5, 5.41) is 2.95. The van der Waals surface area contributed by atoms with Crippen LogP contribution in [0.5, 0.6) is 0 Å². The number of hydrogen-bond acceptors (Lipinski definition) is 4.